The van der Waals surface area contributed by atoms with E-state index in [4.69, 9.17) is 15.2 Å². The molecule has 2 aliphatic heterocycles. The van der Waals surface area contributed by atoms with Gasteiger partial charge in [-0.15, -0.1) is 0 Å². The van der Waals surface area contributed by atoms with E-state index in [0.29, 0.717) is 27.1 Å². The maximum absolute atomic E-state index is 14.0. The van der Waals surface area contributed by atoms with E-state index in [0.717, 1.165) is 4.90 Å². The van der Waals surface area contributed by atoms with Gasteiger partial charge in [-0.2, -0.15) is 0 Å². The van der Waals surface area contributed by atoms with Crippen LogP contribution < -0.4 is 30.7 Å². The molecule has 40 heavy (non-hydrogen) atoms. The number of nitrogens with zero attached hydrogens (tertiary/aromatic N) is 1. The van der Waals surface area contributed by atoms with Gasteiger partial charge >= 0.3 is 12.0 Å². The number of amides is 4. The van der Waals surface area contributed by atoms with E-state index in [9.17, 15) is 29.1 Å². The number of aliphatic carboxylic acids is 1. The van der Waals surface area contributed by atoms with Gasteiger partial charge in [-0.05, 0) is 77.7 Å². The number of Topliss-reactive ketones (excluding diaryl/α,β-unsaturated/α-hetero) is 1. The molecule has 212 valence electrons. The van der Waals surface area contributed by atoms with Crippen LogP contribution in [-0.2, 0) is 14.4 Å². The Bertz CT molecular complexity index is 1380. The Morgan fingerprint density at radius 1 is 1.12 bits per heavy atom. The van der Waals surface area contributed by atoms with Gasteiger partial charge in [0.05, 0.1) is 36.2 Å². The second-order valence-corrected chi connectivity index (χ2v) is 10.5. The molecule has 4 unspecified atom stereocenters. The fourth-order valence-electron chi connectivity index (χ4n) is 5.62. The predicted octanol–water partition coefficient (Wildman–Crippen LogP) is 2.39. The van der Waals surface area contributed by atoms with Crippen molar-refractivity contribution in [3.63, 3.8) is 0 Å². The number of nitrogens with one attached hydrogen (secondary N) is 2. The van der Waals surface area contributed by atoms with Gasteiger partial charge in [0.1, 0.15) is 5.54 Å². The fraction of sp³-hybridized carbons (Fsp3) is 0.370. The number of ether oxygens (including phenoxy) is 2. The number of urea groups is 1. The molecule has 2 aliphatic rings. The maximum atomic E-state index is 14.0. The van der Waals surface area contributed by atoms with Crippen molar-refractivity contribution in [1.29, 1.82) is 0 Å². The number of anilines is 1. The number of carboxylic acid groups (broad SMARTS) is 1. The number of hydrogen-bond acceptors (Lipinski definition) is 8. The molecule has 0 bridgehead atoms. The zero-order valence-electron chi connectivity index (χ0n) is 22.0. The van der Waals surface area contributed by atoms with Gasteiger partial charge in [0, 0.05) is 18.2 Å². The third kappa shape index (κ3) is 4.90. The molecule has 2 fully saturated rings. The summed E-state index contributed by atoms with van der Waals surface area (Å²) in [6.07, 6.45) is 0.0907. The van der Waals surface area contributed by atoms with Crippen molar-refractivity contribution < 1.29 is 38.6 Å². The first-order valence-electron chi connectivity index (χ1n) is 12.4. The Morgan fingerprint density at radius 3 is 2.35 bits per heavy atom. The van der Waals surface area contributed by atoms with Gasteiger partial charge in [0.15, 0.2) is 17.3 Å². The summed E-state index contributed by atoms with van der Waals surface area (Å²) in [6.45, 7) is 1.48. The number of carbonyl (C=O) groups is 5. The molecule has 5 N–H and O–H groups in total. The highest BCUT2D eigenvalue weighted by Crippen LogP contribution is 2.52. The van der Waals surface area contributed by atoms with E-state index in [-0.39, 0.29) is 30.9 Å². The molecule has 2 saturated heterocycles. The summed E-state index contributed by atoms with van der Waals surface area (Å²) in [5.41, 5.74) is 4.45. The number of carboxylic acids is 1. The van der Waals surface area contributed by atoms with Gasteiger partial charge in [-0.3, -0.25) is 24.5 Å². The van der Waals surface area contributed by atoms with Crippen molar-refractivity contribution in [3.05, 3.63) is 52.0 Å². The minimum absolute atomic E-state index is 0.0777. The van der Waals surface area contributed by atoms with Crippen LogP contribution in [-0.4, -0.2) is 61.0 Å². The van der Waals surface area contributed by atoms with Crippen LogP contribution >= 0.6 is 15.9 Å². The van der Waals surface area contributed by atoms with Crippen LogP contribution in [0, 0.1) is 11.8 Å². The Hall–Kier alpha value is -3.97. The summed E-state index contributed by atoms with van der Waals surface area (Å²) < 4.78 is 11.4. The third-order valence-electron chi connectivity index (χ3n) is 7.43. The number of rotatable bonds is 10. The summed E-state index contributed by atoms with van der Waals surface area (Å²) >= 11 is 3.44. The number of halogens is 1. The van der Waals surface area contributed by atoms with Crippen LogP contribution in [0.2, 0.25) is 0 Å². The first-order chi connectivity index (χ1) is 19.0. The minimum Gasteiger partial charge on any atom is -0.493 e. The topological polar surface area (TPSA) is 177 Å². The van der Waals surface area contributed by atoms with Crippen molar-refractivity contribution >= 4 is 51.2 Å². The van der Waals surface area contributed by atoms with Gasteiger partial charge in [-0.25, -0.2) is 9.69 Å². The number of methoxy groups -OCH3 is 2. The number of imide groups is 1. The standard InChI is InChI=1S/C27H29BrN4O8/c1-13(33)14-5-7-16(8-6-14)32-23(34)19-20(24(32)35)27(25(36)37,9-4-10-30-26(29)38)31-21(19)15-11-17(28)22(40-3)18(12-15)39-2/h5-8,11-12,19-21,31H,4,9-10H2,1-3H3,(H,36,37)(H3,29,30,38). The number of benzene rings is 2. The van der Waals surface area contributed by atoms with E-state index >= 15 is 0 Å². The second kappa shape index (κ2) is 11.3. The van der Waals surface area contributed by atoms with Gasteiger partial charge < -0.3 is 25.6 Å². The lowest BCUT2D eigenvalue weighted by Crippen LogP contribution is -2.56. The van der Waals surface area contributed by atoms with Crippen molar-refractivity contribution in [2.75, 3.05) is 25.7 Å². The molecule has 4 atom stereocenters. The summed E-state index contributed by atoms with van der Waals surface area (Å²) in [7, 11) is 2.92. The molecule has 0 aliphatic carbocycles. The lowest BCUT2D eigenvalue weighted by atomic mass is 9.77. The molecule has 2 aromatic rings. The highest BCUT2D eigenvalue weighted by atomic mass is 79.9. The summed E-state index contributed by atoms with van der Waals surface area (Å²) in [5.74, 6) is -4.34. The Kier molecular flexibility index (Phi) is 8.17. The zero-order valence-corrected chi connectivity index (χ0v) is 23.6. The number of hydrogen-bond donors (Lipinski definition) is 4. The molecule has 12 nitrogen and oxygen atoms in total. The smallest absolute Gasteiger partial charge is 0.324 e. The molecule has 4 rings (SSSR count). The number of primary amides is 1. The third-order valence-corrected chi connectivity index (χ3v) is 8.02. The molecule has 4 amide bonds. The van der Waals surface area contributed by atoms with Gasteiger partial charge in [0.2, 0.25) is 11.8 Å². The Morgan fingerprint density at radius 2 is 1.80 bits per heavy atom. The fourth-order valence-corrected chi connectivity index (χ4v) is 6.24. The minimum atomic E-state index is -1.84. The van der Waals surface area contributed by atoms with Crippen LogP contribution in [0.5, 0.6) is 11.5 Å². The van der Waals surface area contributed by atoms with E-state index < -0.39 is 47.2 Å². The SMILES string of the molecule is COc1cc(C2NC(CCCNC(N)=O)(C(=O)O)C3C(=O)N(c4ccc(C(C)=O)cc4)C(=O)C23)cc(Br)c1OC. The molecular formula is C27H29BrN4O8. The lowest BCUT2D eigenvalue weighted by Gasteiger charge is -2.31. The van der Waals surface area contributed by atoms with Crippen LogP contribution in [0.15, 0.2) is 40.9 Å². The van der Waals surface area contributed by atoms with Gasteiger partial charge in [0.25, 0.3) is 0 Å². The highest BCUT2D eigenvalue weighted by Gasteiger charge is 2.68. The molecule has 0 aromatic heterocycles. The van der Waals surface area contributed by atoms with E-state index in [1.54, 1.807) is 12.1 Å². The van der Waals surface area contributed by atoms with Crippen molar-refractivity contribution in [3.8, 4) is 11.5 Å². The van der Waals surface area contributed by atoms with E-state index in [2.05, 4.69) is 26.6 Å². The summed E-state index contributed by atoms with van der Waals surface area (Å²) in [5, 5.41) is 16.1. The second-order valence-electron chi connectivity index (χ2n) is 9.65. The van der Waals surface area contributed by atoms with Crippen molar-refractivity contribution in [2.45, 2.75) is 31.3 Å². The molecule has 2 heterocycles. The largest absolute Gasteiger partial charge is 0.493 e. The molecule has 0 spiro atoms. The first-order valence-corrected chi connectivity index (χ1v) is 13.2. The number of ketones is 1. The molecule has 0 saturated carbocycles. The van der Waals surface area contributed by atoms with Crippen LogP contribution in [0.1, 0.15) is 41.7 Å². The van der Waals surface area contributed by atoms with E-state index in [1.165, 1.54) is 45.4 Å². The van der Waals surface area contributed by atoms with Crippen molar-refractivity contribution in [2.24, 2.45) is 17.6 Å². The lowest BCUT2D eigenvalue weighted by molar-refractivity contribution is -0.149. The predicted molar refractivity (Wildman–Crippen MR) is 146 cm³/mol. The van der Waals surface area contributed by atoms with Gasteiger partial charge in [-0.1, -0.05) is 0 Å². The quantitative estimate of drug-likeness (QED) is 0.177. The normalized spacial score (nSPS) is 23.6. The van der Waals surface area contributed by atoms with Crippen LogP contribution in [0.25, 0.3) is 0 Å². The molecule has 13 heteroatoms. The summed E-state index contributed by atoms with van der Waals surface area (Å²) in [4.78, 5) is 64.7. The van der Waals surface area contributed by atoms with Crippen molar-refractivity contribution in [1.82, 2.24) is 10.6 Å². The Labute approximate surface area is 238 Å². The zero-order chi connectivity index (χ0) is 29.4. The molecule has 0 radical (unpaired) electrons. The molecule has 2 aromatic carbocycles. The highest BCUT2D eigenvalue weighted by molar-refractivity contribution is 9.10. The van der Waals surface area contributed by atoms with E-state index in [1.807, 2.05) is 0 Å². The average Bonchev–Trinajstić information content (AvgIpc) is 3.40. The monoisotopic (exact) mass is 616 g/mol. The maximum Gasteiger partial charge on any atom is 0.324 e. The Balaban J connectivity index is 1.82. The number of fused-ring (bicyclic) bond motifs is 1. The average molecular weight is 617 g/mol. The van der Waals surface area contributed by atoms with Crippen LogP contribution in [0.3, 0.4) is 0 Å². The first kappa shape index (κ1) is 29.0. The number of nitrogens with two attached hydrogens (primary N) is 1. The summed E-state index contributed by atoms with van der Waals surface area (Å²) in [6, 6.07) is 7.66. The van der Waals surface area contributed by atoms with Crippen LogP contribution in [0.4, 0.5) is 10.5 Å². The number of carbonyl (C=O) groups excluding carboxylic acids is 4. The molecular weight excluding hydrogens is 588 g/mol.